The van der Waals surface area contributed by atoms with Crippen LogP contribution in [0.2, 0.25) is 0 Å². The van der Waals surface area contributed by atoms with E-state index in [2.05, 4.69) is 25.9 Å². The van der Waals surface area contributed by atoms with Gasteiger partial charge in [0.1, 0.15) is 5.56 Å². The molecule has 4 aromatic rings. The highest BCUT2D eigenvalue weighted by Gasteiger charge is 2.28. The predicted molar refractivity (Wildman–Crippen MR) is 117 cm³/mol. The number of pyridine rings is 1. The maximum atomic E-state index is 13.2. The number of hydrogen-bond acceptors (Lipinski definition) is 4. The maximum absolute atomic E-state index is 13.2. The molecule has 0 fully saturated rings. The van der Waals surface area contributed by atoms with Crippen LogP contribution in [0.25, 0.3) is 27.4 Å². The van der Waals surface area contributed by atoms with Gasteiger partial charge in [-0.2, -0.15) is 0 Å². The first-order chi connectivity index (χ1) is 14.8. The molecular weight excluding hydrogens is 466 g/mol. The Morgan fingerprint density at radius 1 is 1.23 bits per heavy atom. The largest absolute Gasteiger partial charge is 0.494 e. The van der Waals surface area contributed by atoms with Crippen molar-refractivity contribution in [2.75, 3.05) is 0 Å². The lowest BCUT2D eigenvalue weighted by molar-refractivity contribution is -0.112. The van der Waals surface area contributed by atoms with Gasteiger partial charge in [0.25, 0.3) is 5.91 Å². The Balaban J connectivity index is 2.07. The molecule has 3 heterocycles. The number of aromatic hydroxyl groups is 1. The van der Waals surface area contributed by atoms with Gasteiger partial charge in [0.2, 0.25) is 5.43 Å². The number of amides is 1. The monoisotopic (exact) mass is 479 g/mol. The second kappa shape index (κ2) is 6.64. The normalized spacial score (nSPS) is 13.1. The molecule has 0 radical (unpaired) electrons. The van der Waals surface area contributed by atoms with Crippen molar-refractivity contribution in [2.45, 2.75) is 13.5 Å². The average molecular weight is 480 g/mol. The van der Waals surface area contributed by atoms with E-state index in [1.54, 1.807) is 34.9 Å². The van der Waals surface area contributed by atoms with Gasteiger partial charge in [-0.3, -0.25) is 9.59 Å². The lowest BCUT2D eigenvalue weighted by Crippen LogP contribution is -2.32. The van der Waals surface area contributed by atoms with Crippen LogP contribution in [0.3, 0.4) is 0 Å². The van der Waals surface area contributed by atoms with E-state index in [4.69, 9.17) is 0 Å². The molecule has 1 amide bonds. The summed E-state index contributed by atoms with van der Waals surface area (Å²) in [5.41, 5.74) is 0.274. The third-order valence-corrected chi connectivity index (χ3v) is 5.97. The predicted octanol–water partition coefficient (Wildman–Crippen LogP) is 2.03. The SMILES string of the molecule is CCn1cc(C(=O)O)c(=O)c2c3c(ccc21)=NC(=O)C=3c1c(O)[nH]c2cc(Br)ccc12. The van der Waals surface area contributed by atoms with E-state index in [1.807, 2.05) is 6.92 Å². The molecule has 31 heavy (non-hydrogen) atoms. The standard InChI is InChI=1S/C22H14BrN3O5/c1-2-26-8-11(22(30)31)19(27)17-14(26)6-5-12-16(17)18(21(29)24-12)15-10-4-3-9(23)7-13(10)25-20(15)28/h3-8,25,28H,2H2,1H3,(H,30,31). The van der Waals surface area contributed by atoms with Gasteiger partial charge < -0.3 is 19.8 Å². The van der Waals surface area contributed by atoms with E-state index >= 15 is 0 Å². The van der Waals surface area contributed by atoms with E-state index in [1.165, 1.54) is 6.20 Å². The molecule has 0 bridgehead atoms. The van der Waals surface area contributed by atoms with Crippen LogP contribution in [0, 0.1) is 0 Å². The second-order valence-electron chi connectivity index (χ2n) is 7.15. The topological polar surface area (TPSA) is 125 Å². The van der Waals surface area contributed by atoms with Crippen LogP contribution >= 0.6 is 15.9 Å². The van der Waals surface area contributed by atoms with Crippen molar-refractivity contribution in [1.82, 2.24) is 9.55 Å². The summed E-state index contributed by atoms with van der Waals surface area (Å²) in [6.45, 7) is 2.24. The van der Waals surface area contributed by atoms with Crippen LogP contribution in [0.4, 0.5) is 0 Å². The number of aromatic nitrogens is 2. The first-order valence-electron chi connectivity index (χ1n) is 9.39. The fraction of sp³-hybridized carbons (Fsp3) is 0.0909. The maximum Gasteiger partial charge on any atom is 0.341 e. The smallest absolute Gasteiger partial charge is 0.341 e. The van der Waals surface area contributed by atoms with Crippen molar-refractivity contribution in [3.63, 3.8) is 0 Å². The Morgan fingerprint density at radius 3 is 2.71 bits per heavy atom. The average Bonchev–Trinajstić information content (AvgIpc) is 3.21. The van der Waals surface area contributed by atoms with E-state index in [0.717, 1.165) is 4.47 Å². The molecule has 154 valence electrons. The minimum atomic E-state index is -1.35. The summed E-state index contributed by atoms with van der Waals surface area (Å²) in [7, 11) is 0. The summed E-state index contributed by atoms with van der Waals surface area (Å²) in [6, 6.07) is 8.54. The van der Waals surface area contributed by atoms with Crippen LogP contribution in [0.15, 0.2) is 50.8 Å². The van der Waals surface area contributed by atoms with Crippen LogP contribution in [-0.4, -0.2) is 31.6 Å². The van der Waals surface area contributed by atoms with Crippen molar-refractivity contribution in [3.8, 4) is 5.88 Å². The van der Waals surface area contributed by atoms with Crippen molar-refractivity contribution < 1.29 is 19.8 Å². The summed E-state index contributed by atoms with van der Waals surface area (Å²) >= 11 is 3.37. The zero-order chi connectivity index (χ0) is 22.0. The number of nitrogens with zero attached hydrogens (tertiary/aromatic N) is 2. The summed E-state index contributed by atoms with van der Waals surface area (Å²) in [5, 5.41) is 21.4. The Hall–Kier alpha value is -3.72. The molecular formula is C22H14BrN3O5. The highest BCUT2D eigenvalue weighted by Crippen LogP contribution is 2.34. The van der Waals surface area contributed by atoms with Gasteiger partial charge in [0.05, 0.1) is 32.9 Å². The highest BCUT2D eigenvalue weighted by atomic mass is 79.9. The van der Waals surface area contributed by atoms with E-state index in [0.29, 0.717) is 23.0 Å². The first kappa shape index (κ1) is 19.3. The second-order valence-corrected chi connectivity index (χ2v) is 8.06. The van der Waals surface area contributed by atoms with Gasteiger partial charge in [-0.15, -0.1) is 0 Å². The zero-order valence-electron chi connectivity index (χ0n) is 16.1. The third kappa shape index (κ3) is 2.66. The highest BCUT2D eigenvalue weighted by molar-refractivity contribution is 9.10. The van der Waals surface area contributed by atoms with E-state index in [9.17, 15) is 24.6 Å². The van der Waals surface area contributed by atoms with E-state index < -0.39 is 22.9 Å². The first-order valence-corrected chi connectivity index (χ1v) is 10.2. The van der Waals surface area contributed by atoms with Gasteiger partial charge in [0.15, 0.2) is 5.88 Å². The molecule has 0 spiro atoms. The molecule has 2 aromatic carbocycles. The minimum absolute atomic E-state index is 0.0639. The van der Waals surface area contributed by atoms with Crippen LogP contribution in [0.5, 0.6) is 5.88 Å². The number of rotatable bonds is 3. The minimum Gasteiger partial charge on any atom is -0.494 e. The number of aromatic amines is 1. The van der Waals surface area contributed by atoms with Crippen LogP contribution in [-0.2, 0) is 11.3 Å². The molecule has 1 aliphatic heterocycles. The zero-order valence-corrected chi connectivity index (χ0v) is 17.6. The fourth-order valence-electron chi connectivity index (χ4n) is 4.14. The number of fused-ring (bicyclic) bond motifs is 4. The van der Waals surface area contributed by atoms with Gasteiger partial charge in [-0.25, -0.2) is 9.79 Å². The molecule has 9 heteroatoms. The van der Waals surface area contributed by atoms with Gasteiger partial charge in [-0.1, -0.05) is 22.0 Å². The van der Waals surface area contributed by atoms with Crippen LogP contribution < -0.4 is 16.0 Å². The Bertz CT molecular complexity index is 1660. The Labute approximate surface area is 181 Å². The lowest BCUT2D eigenvalue weighted by atomic mass is 9.99. The molecule has 1 aliphatic rings. The number of aromatic carboxylic acids is 1. The number of benzene rings is 2. The van der Waals surface area contributed by atoms with E-state index in [-0.39, 0.29) is 33.0 Å². The molecule has 8 nitrogen and oxygen atoms in total. The number of nitrogens with one attached hydrogen (secondary N) is 1. The molecule has 0 unspecified atom stereocenters. The summed E-state index contributed by atoms with van der Waals surface area (Å²) in [5.74, 6) is -2.19. The number of carboxylic acids is 1. The summed E-state index contributed by atoms with van der Waals surface area (Å²) in [4.78, 5) is 44.8. The molecule has 3 N–H and O–H groups in total. The number of carbonyl (C=O) groups is 2. The summed E-state index contributed by atoms with van der Waals surface area (Å²) in [6.07, 6.45) is 1.30. The number of H-pyrrole nitrogens is 1. The number of aryl methyl sites for hydroxylation is 1. The molecule has 5 rings (SSSR count). The van der Waals surface area contributed by atoms with Crippen molar-refractivity contribution >= 4 is 55.2 Å². The molecule has 0 saturated carbocycles. The number of carboxylic acid groups (broad SMARTS) is 1. The third-order valence-electron chi connectivity index (χ3n) is 5.48. The van der Waals surface area contributed by atoms with Crippen molar-refractivity contribution in [2.24, 2.45) is 4.99 Å². The molecule has 0 saturated heterocycles. The van der Waals surface area contributed by atoms with Gasteiger partial charge in [-0.05, 0) is 31.2 Å². The number of carbonyl (C=O) groups excluding carboxylic acids is 1. The molecule has 2 aromatic heterocycles. The number of halogens is 1. The van der Waals surface area contributed by atoms with Gasteiger partial charge in [0, 0.05) is 27.8 Å². The lowest BCUT2D eigenvalue weighted by Gasteiger charge is -2.10. The molecule has 0 atom stereocenters. The van der Waals surface area contributed by atoms with Crippen LogP contribution in [0.1, 0.15) is 22.8 Å². The molecule has 0 aliphatic carbocycles. The Kier molecular flexibility index (Phi) is 4.13. The van der Waals surface area contributed by atoms with Crippen molar-refractivity contribution in [3.05, 3.63) is 72.9 Å². The fourth-order valence-corrected chi connectivity index (χ4v) is 4.50. The number of hydrogen-bond donors (Lipinski definition) is 3. The Morgan fingerprint density at radius 2 is 2.00 bits per heavy atom. The summed E-state index contributed by atoms with van der Waals surface area (Å²) < 4.78 is 2.43. The van der Waals surface area contributed by atoms with Crippen molar-refractivity contribution in [1.29, 1.82) is 0 Å². The quantitative estimate of drug-likeness (QED) is 0.414. The van der Waals surface area contributed by atoms with Gasteiger partial charge >= 0.3 is 5.97 Å².